The lowest BCUT2D eigenvalue weighted by Gasteiger charge is -2.26. The highest BCUT2D eigenvalue weighted by Gasteiger charge is 2.19. The minimum absolute atomic E-state index is 0.00691. The van der Waals surface area contributed by atoms with Gasteiger partial charge in [-0.15, -0.1) is 10.2 Å². The number of hydrogen-bond acceptors (Lipinski definition) is 4. The van der Waals surface area contributed by atoms with Crippen molar-refractivity contribution in [3.05, 3.63) is 71.8 Å². The van der Waals surface area contributed by atoms with Crippen LogP contribution >= 0.6 is 0 Å². The number of hydrogen-bond donors (Lipinski definition) is 0. The first-order valence-electron chi connectivity index (χ1n) is 10.0. The molecule has 2 heterocycles. The van der Waals surface area contributed by atoms with Crippen molar-refractivity contribution in [2.45, 2.75) is 32.7 Å². The Labute approximate surface area is 170 Å². The number of benzene rings is 2. The van der Waals surface area contributed by atoms with Crippen LogP contribution < -0.4 is 0 Å². The Morgan fingerprint density at radius 1 is 1.03 bits per heavy atom. The van der Waals surface area contributed by atoms with E-state index in [1.807, 2.05) is 35.2 Å². The van der Waals surface area contributed by atoms with Crippen molar-refractivity contribution >= 4 is 11.5 Å². The molecule has 3 aromatic rings. The molecule has 0 spiro atoms. The van der Waals surface area contributed by atoms with Gasteiger partial charge in [0.1, 0.15) is 6.54 Å². The monoisotopic (exact) mass is 387 g/mol. The van der Waals surface area contributed by atoms with Crippen molar-refractivity contribution in [3.63, 3.8) is 0 Å². The topological polar surface area (TPSA) is 63.9 Å². The summed E-state index contributed by atoms with van der Waals surface area (Å²) in [7, 11) is 0. The summed E-state index contributed by atoms with van der Waals surface area (Å²) in [5.74, 6) is 1.02. The molecular weight excluding hydrogens is 362 g/mol. The maximum absolute atomic E-state index is 12.6. The summed E-state index contributed by atoms with van der Waals surface area (Å²) in [6.45, 7) is 5.74. The maximum atomic E-state index is 12.6. The average molecular weight is 387 g/mol. The van der Waals surface area contributed by atoms with E-state index in [0.717, 1.165) is 12.0 Å². The molecular formula is C23H25N5O. The van der Waals surface area contributed by atoms with Crippen LogP contribution in [-0.2, 0) is 11.3 Å². The molecule has 0 fully saturated rings. The Kier molecular flexibility index (Phi) is 5.51. The second-order valence-corrected chi connectivity index (χ2v) is 7.61. The SMILES string of the molecule is CC(C)c1ccc(-c2nnn(CC(=O)N3CC=C(c4ccccc4)CC3)n2)cc1. The molecule has 6 nitrogen and oxygen atoms in total. The lowest BCUT2D eigenvalue weighted by molar-refractivity contribution is -0.131. The van der Waals surface area contributed by atoms with E-state index in [1.165, 1.54) is 21.5 Å². The molecule has 1 aromatic heterocycles. The first-order valence-corrected chi connectivity index (χ1v) is 10.0. The van der Waals surface area contributed by atoms with Crippen molar-refractivity contribution in [3.8, 4) is 11.4 Å². The predicted molar refractivity (Wildman–Crippen MR) is 113 cm³/mol. The van der Waals surface area contributed by atoms with Gasteiger partial charge in [0, 0.05) is 18.7 Å². The first-order chi connectivity index (χ1) is 14.1. The van der Waals surface area contributed by atoms with Gasteiger partial charge in [0.05, 0.1) is 0 Å². The minimum Gasteiger partial charge on any atom is -0.337 e. The van der Waals surface area contributed by atoms with Crippen LogP contribution in [0.25, 0.3) is 17.0 Å². The fourth-order valence-electron chi connectivity index (χ4n) is 3.47. The van der Waals surface area contributed by atoms with Gasteiger partial charge in [-0.3, -0.25) is 4.79 Å². The van der Waals surface area contributed by atoms with Gasteiger partial charge in [-0.25, -0.2) is 0 Å². The van der Waals surface area contributed by atoms with Gasteiger partial charge in [-0.2, -0.15) is 4.80 Å². The minimum atomic E-state index is 0.00691. The molecule has 1 amide bonds. The Bertz CT molecular complexity index is 1010. The van der Waals surface area contributed by atoms with E-state index in [4.69, 9.17) is 0 Å². The van der Waals surface area contributed by atoms with Crippen LogP contribution in [0.15, 0.2) is 60.7 Å². The van der Waals surface area contributed by atoms with Crippen molar-refractivity contribution < 1.29 is 4.79 Å². The molecule has 0 bridgehead atoms. The lowest BCUT2D eigenvalue weighted by Crippen LogP contribution is -2.37. The van der Waals surface area contributed by atoms with Gasteiger partial charge in [0.25, 0.3) is 0 Å². The molecule has 0 N–H and O–H groups in total. The third kappa shape index (κ3) is 4.42. The number of aromatic nitrogens is 4. The first kappa shape index (κ1) is 19.1. The van der Waals surface area contributed by atoms with Crippen molar-refractivity contribution in [2.24, 2.45) is 0 Å². The molecule has 1 aliphatic rings. The zero-order chi connectivity index (χ0) is 20.2. The number of nitrogens with zero attached hydrogens (tertiary/aromatic N) is 5. The summed E-state index contributed by atoms with van der Waals surface area (Å²) in [6.07, 6.45) is 2.99. The van der Waals surface area contributed by atoms with E-state index in [0.29, 0.717) is 24.8 Å². The fraction of sp³-hybridized carbons (Fsp3) is 0.304. The van der Waals surface area contributed by atoms with Crippen LogP contribution in [0.3, 0.4) is 0 Å². The third-order valence-corrected chi connectivity index (χ3v) is 5.27. The van der Waals surface area contributed by atoms with E-state index >= 15 is 0 Å². The fourth-order valence-corrected chi connectivity index (χ4v) is 3.47. The van der Waals surface area contributed by atoms with E-state index in [2.05, 4.69) is 59.6 Å². The molecule has 0 radical (unpaired) electrons. The van der Waals surface area contributed by atoms with Crippen LogP contribution in [0.4, 0.5) is 0 Å². The lowest BCUT2D eigenvalue weighted by atomic mass is 9.99. The van der Waals surface area contributed by atoms with Gasteiger partial charge in [-0.05, 0) is 34.3 Å². The van der Waals surface area contributed by atoms with Crippen molar-refractivity contribution in [1.29, 1.82) is 0 Å². The summed E-state index contributed by atoms with van der Waals surface area (Å²) in [6, 6.07) is 18.5. The van der Waals surface area contributed by atoms with E-state index in [-0.39, 0.29) is 12.5 Å². The van der Waals surface area contributed by atoms with Gasteiger partial charge in [-0.1, -0.05) is 74.5 Å². The smallest absolute Gasteiger partial charge is 0.246 e. The van der Waals surface area contributed by atoms with Crippen molar-refractivity contribution in [1.82, 2.24) is 25.1 Å². The quantitative estimate of drug-likeness (QED) is 0.668. The van der Waals surface area contributed by atoms with Gasteiger partial charge >= 0.3 is 0 Å². The highest BCUT2D eigenvalue weighted by molar-refractivity contribution is 5.78. The van der Waals surface area contributed by atoms with Crippen molar-refractivity contribution in [2.75, 3.05) is 13.1 Å². The second-order valence-electron chi connectivity index (χ2n) is 7.61. The molecule has 0 aliphatic carbocycles. The summed E-state index contributed by atoms with van der Waals surface area (Å²) < 4.78 is 0. The maximum Gasteiger partial charge on any atom is 0.246 e. The molecule has 0 saturated heterocycles. The average Bonchev–Trinajstić information content (AvgIpc) is 3.23. The Balaban J connectivity index is 1.38. The van der Waals surface area contributed by atoms with E-state index in [9.17, 15) is 4.79 Å². The summed E-state index contributed by atoms with van der Waals surface area (Å²) in [5, 5.41) is 12.6. The Morgan fingerprint density at radius 3 is 2.45 bits per heavy atom. The molecule has 0 atom stereocenters. The standard InChI is InChI=1S/C23H25N5O/c1-17(2)18-8-10-21(11-9-18)23-24-26-28(25-23)16-22(29)27-14-12-20(13-15-27)19-6-4-3-5-7-19/h3-12,17H,13-16H2,1-2H3. The van der Waals surface area contributed by atoms with E-state index < -0.39 is 0 Å². The zero-order valence-electron chi connectivity index (χ0n) is 16.8. The number of tetrazole rings is 1. The molecule has 2 aromatic carbocycles. The second kappa shape index (κ2) is 8.39. The molecule has 4 rings (SSSR count). The summed E-state index contributed by atoms with van der Waals surface area (Å²) in [5.41, 5.74) is 4.69. The number of carbonyl (C=O) groups is 1. The van der Waals surface area contributed by atoms with Gasteiger partial charge < -0.3 is 4.90 Å². The van der Waals surface area contributed by atoms with E-state index in [1.54, 1.807) is 0 Å². The number of amides is 1. The third-order valence-electron chi connectivity index (χ3n) is 5.27. The highest BCUT2D eigenvalue weighted by Crippen LogP contribution is 2.22. The van der Waals surface area contributed by atoms with Crippen LogP contribution in [0.1, 0.15) is 37.3 Å². The summed E-state index contributed by atoms with van der Waals surface area (Å²) in [4.78, 5) is 15.9. The zero-order valence-corrected chi connectivity index (χ0v) is 16.8. The van der Waals surface area contributed by atoms with Crippen LogP contribution in [0.2, 0.25) is 0 Å². The molecule has 6 heteroatoms. The Hall–Kier alpha value is -3.28. The largest absolute Gasteiger partial charge is 0.337 e. The van der Waals surface area contributed by atoms with Gasteiger partial charge in [0.15, 0.2) is 0 Å². The number of carbonyl (C=O) groups excluding carboxylic acids is 1. The molecule has 0 saturated carbocycles. The number of rotatable bonds is 5. The molecule has 1 aliphatic heterocycles. The van der Waals surface area contributed by atoms with Crippen LogP contribution in [-0.4, -0.2) is 44.1 Å². The van der Waals surface area contributed by atoms with Gasteiger partial charge in [0.2, 0.25) is 11.7 Å². The van der Waals surface area contributed by atoms with Crippen LogP contribution in [0, 0.1) is 0 Å². The molecule has 29 heavy (non-hydrogen) atoms. The predicted octanol–water partition coefficient (Wildman–Crippen LogP) is 3.78. The van der Waals surface area contributed by atoms with Crippen LogP contribution in [0.5, 0.6) is 0 Å². The highest BCUT2D eigenvalue weighted by atomic mass is 16.2. The Morgan fingerprint density at radius 2 is 1.79 bits per heavy atom. The molecule has 0 unspecified atom stereocenters. The summed E-state index contributed by atoms with van der Waals surface area (Å²) >= 11 is 0. The normalized spacial score (nSPS) is 14.2. The molecule has 148 valence electrons.